The molecule has 0 aliphatic heterocycles. The molecule has 0 saturated heterocycles. The van der Waals surface area contributed by atoms with Crippen LogP contribution in [0.2, 0.25) is 0 Å². The maximum atomic E-state index is 13.2. The Morgan fingerprint density at radius 2 is 2.00 bits per heavy atom. The van der Waals surface area contributed by atoms with Crippen molar-refractivity contribution in [2.45, 2.75) is 32.1 Å². The predicted octanol–water partition coefficient (Wildman–Crippen LogP) is 2.04. The van der Waals surface area contributed by atoms with Gasteiger partial charge in [-0.15, -0.1) is 0 Å². The summed E-state index contributed by atoms with van der Waals surface area (Å²) in [7, 11) is -3.62. The third-order valence-corrected chi connectivity index (χ3v) is 4.20. The third-order valence-electron chi connectivity index (χ3n) is 2.60. The van der Waals surface area contributed by atoms with E-state index < -0.39 is 15.8 Å². The fourth-order valence-corrected chi connectivity index (χ4v) is 2.82. The topological polar surface area (TPSA) is 72.2 Å². The summed E-state index contributed by atoms with van der Waals surface area (Å²) < 4.78 is 39.7. The zero-order chi connectivity index (χ0) is 13.9. The van der Waals surface area contributed by atoms with Gasteiger partial charge in [-0.2, -0.15) is 0 Å². The van der Waals surface area contributed by atoms with Gasteiger partial charge in [-0.05, 0) is 37.0 Å². The SMILES string of the molecule is Cc1cc(F)c(N)cc1S(=O)(=O)NCCC(C)C. The average molecular weight is 274 g/mol. The second-order valence-corrected chi connectivity index (χ2v) is 6.45. The zero-order valence-corrected chi connectivity index (χ0v) is 11.6. The Morgan fingerprint density at radius 1 is 1.39 bits per heavy atom. The molecule has 102 valence electrons. The normalized spacial score (nSPS) is 12.1. The molecule has 1 aromatic rings. The van der Waals surface area contributed by atoms with E-state index in [1.165, 1.54) is 0 Å². The molecule has 0 bridgehead atoms. The molecule has 4 nitrogen and oxygen atoms in total. The second kappa shape index (κ2) is 5.67. The number of rotatable bonds is 5. The van der Waals surface area contributed by atoms with Gasteiger partial charge in [0.2, 0.25) is 10.0 Å². The smallest absolute Gasteiger partial charge is 0.240 e. The van der Waals surface area contributed by atoms with Crippen LogP contribution in [-0.4, -0.2) is 15.0 Å². The number of aryl methyl sites for hydroxylation is 1. The molecule has 0 amide bonds. The van der Waals surface area contributed by atoms with E-state index in [9.17, 15) is 12.8 Å². The van der Waals surface area contributed by atoms with Crippen molar-refractivity contribution in [2.75, 3.05) is 12.3 Å². The minimum absolute atomic E-state index is 0.0326. The van der Waals surface area contributed by atoms with Crippen molar-refractivity contribution in [3.05, 3.63) is 23.5 Å². The van der Waals surface area contributed by atoms with Crippen molar-refractivity contribution in [3.8, 4) is 0 Å². The molecular weight excluding hydrogens is 255 g/mol. The van der Waals surface area contributed by atoms with Crippen molar-refractivity contribution >= 4 is 15.7 Å². The first-order chi connectivity index (χ1) is 8.24. The molecule has 1 rings (SSSR count). The van der Waals surface area contributed by atoms with Crippen molar-refractivity contribution < 1.29 is 12.8 Å². The Balaban J connectivity index is 2.95. The molecule has 0 aliphatic rings. The van der Waals surface area contributed by atoms with Gasteiger partial charge < -0.3 is 5.73 Å². The van der Waals surface area contributed by atoms with Crippen LogP contribution < -0.4 is 10.5 Å². The number of sulfonamides is 1. The van der Waals surface area contributed by atoms with Gasteiger partial charge in [0.1, 0.15) is 5.82 Å². The fourth-order valence-electron chi connectivity index (χ4n) is 1.52. The van der Waals surface area contributed by atoms with Crippen LogP contribution in [0.15, 0.2) is 17.0 Å². The summed E-state index contributed by atoms with van der Waals surface area (Å²) in [5.74, 6) is -0.194. The Hall–Kier alpha value is -1.14. The van der Waals surface area contributed by atoms with Crippen LogP contribution in [0.1, 0.15) is 25.8 Å². The van der Waals surface area contributed by atoms with Crippen LogP contribution in [0.25, 0.3) is 0 Å². The van der Waals surface area contributed by atoms with E-state index in [4.69, 9.17) is 5.73 Å². The van der Waals surface area contributed by atoms with E-state index >= 15 is 0 Å². The monoisotopic (exact) mass is 274 g/mol. The van der Waals surface area contributed by atoms with Gasteiger partial charge in [-0.25, -0.2) is 17.5 Å². The van der Waals surface area contributed by atoms with E-state index in [2.05, 4.69) is 4.72 Å². The molecule has 0 aliphatic carbocycles. The molecular formula is C12H19FN2O2S. The first-order valence-corrected chi connectivity index (χ1v) is 7.27. The molecule has 0 atom stereocenters. The Labute approximate surface area is 107 Å². The summed E-state index contributed by atoms with van der Waals surface area (Å²) in [6, 6.07) is 2.29. The van der Waals surface area contributed by atoms with Crippen LogP contribution in [-0.2, 0) is 10.0 Å². The van der Waals surface area contributed by atoms with E-state index in [0.29, 0.717) is 18.0 Å². The van der Waals surface area contributed by atoms with E-state index in [1.807, 2.05) is 13.8 Å². The Morgan fingerprint density at radius 3 is 2.56 bits per heavy atom. The lowest BCUT2D eigenvalue weighted by Crippen LogP contribution is -2.26. The van der Waals surface area contributed by atoms with Crippen LogP contribution in [0, 0.1) is 18.7 Å². The summed E-state index contributed by atoms with van der Waals surface area (Å²) in [6.45, 7) is 5.92. The standard InChI is InChI=1S/C12H19FN2O2S/c1-8(2)4-5-15-18(16,17)12-7-11(14)10(13)6-9(12)3/h6-8,15H,4-5,14H2,1-3H3. The van der Waals surface area contributed by atoms with Crippen LogP contribution >= 0.6 is 0 Å². The van der Waals surface area contributed by atoms with Gasteiger partial charge >= 0.3 is 0 Å². The predicted molar refractivity (Wildman–Crippen MR) is 70.2 cm³/mol. The molecule has 0 radical (unpaired) electrons. The highest BCUT2D eigenvalue weighted by Gasteiger charge is 2.18. The number of nitrogens with one attached hydrogen (secondary N) is 1. The van der Waals surface area contributed by atoms with E-state index in [1.54, 1.807) is 6.92 Å². The van der Waals surface area contributed by atoms with Crippen LogP contribution in [0.3, 0.4) is 0 Å². The Bertz CT molecular complexity index is 527. The number of halogens is 1. The number of anilines is 1. The molecule has 0 fully saturated rings. The highest BCUT2D eigenvalue weighted by molar-refractivity contribution is 7.89. The quantitative estimate of drug-likeness (QED) is 0.807. The number of hydrogen-bond donors (Lipinski definition) is 2. The lowest BCUT2D eigenvalue weighted by Gasteiger charge is -2.11. The Kier molecular flexibility index (Phi) is 4.70. The lowest BCUT2D eigenvalue weighted by atomic mass is 10.1. The fraction of sp³-hybridized carbons (Fsp3) is 0.500. The number of nitrogens with two attached hydrogens (primary N) is 1. The summed E-state index contributed by atoms with van der Waals surface area (Å²) in [6.07, 6.45) is 0.745. The molecule has 0 unspecified atom stereocenters. The third kappa shape index (κ3) is 3.68. The molecule has 0 spiro atoms. The van der Waals surface area contributed by atoms with Gasteiger partial charge in [-0.1, -0.05) is 13.8 Å². The molecule has 0 aromatic heterocycles. The number of nitrogen functional groups attached to an aromatic ring is 1. The van der Waals surface area contributed by atoms with Crippen molar-refractivity contribution in [3.63, 3.8) is 0 Å². The minimum atomic E-state index is -3.62. The molecule has 3 N–H and O–H groups in total. The summed E-state index contributed by atoms with van der Waals surface area (Å²) in [5.41, 5.74) is 5.58. The molecule has 1 aromatic carbocycles. The molecule has 6 heteroatoms. The van der Waals surface area contributed by atoms with Gasteiger partial charge in [0.25, 0.3) is 0 Å². The van der Waals surface area contributed by atoms with Gasteiger partial charge in [0, 0.05) is 6.54 Å². The van der Waals surface area contributed by atoms with Crippen LogP contribution in [0.4, 0.5) is 10.1 Å². The van der Waals surface area contributed by atoms with Gasteiger partial charge in [0.15, 0.2) is 0 Å². The van der Waals surface area contributed by atoms with Gasteiger partial charge in [0.05, 0.1) is 10.6 Å². The number of benzene rings is 1. The first kappa shape index (κ1) is 14.9. The van der Waals surface area contributed by atoms with Gasteiger partial charge in [-0.3, -0.25) is 0 Å². The highest BCUT2D eigenvalue weighted by Crippen LogP contribution is 2.21. The zero-order valence-electron chi connectivity index (χ0n) is 10.8. The van der Waals surface area contributed by atoms with Crippen molar-refractivity contribution in [1.29, 1.82) is 0 Å². The molecule has 18 heavy (non-hydrogen) atoms. The lowest BCUT2D eigenvalue weighted by molar-refractivity contribution is 0.551. The maximum absolute atomic E-state index is 13.2. The number of hydrogen-bond acceptors (Lipinski definition) is 3. The summed E-state index contributed by atoms with van der Waals surface area (Å²) in [4.78, 5) is 0.0326. The van der Waals surface area contributed by atoms with E-state index in [-0.39, 0.29) is 10.6 Å². The average Bonchev–Trinajstić information content (AvgIpc) is 2.22. The summed E-state index contributed by atoms with van der Waals surface area (Å²) >= 11 is 0. The maximum Gasteiger partial charge on any atom is 0.240 e. The largest absolute Gasteiger partial charge is 0.396 e. The van der Waals surface area contributed by atoms with Crippen molar-refractivity contribution in [1.82, 2.24) is 4.72 Å². The molecule has 0 saturated carbocycles. The van der Waals surface area contributed by atoms with Crippen molar-refractivity contribution in [2.24, 2.45) is 5.92 Å². The summed E-state index contributed by atoms with van der Waals surface area (Å²) in [5, 5.41) is 0. The highest BCUT2D eigenvalue weighted by atomic mass is 32.2. The first-order valence-electron chi connectivity index (χ1n) is 5.79. The minimum Gasteiger partial charge on any atom is -0.396 e. The molecule has 0 heterocycles. The van der Waals surface area contributed by atoms with Crippen LogP contribution in [0.5, 0.6) is 0 Å². The second-order valence-electron chi connectivity index (χ2n) is 4.72. The van der Waals surface area contributed by atoms with E-state index in [0.717, 1.165) is 18.6 Å².